The van der Waals surface area contributed by atoms with Crippen LogP contribution in [-0.4, -0.2) is 50.7 Å². The van der Waals surface area contributed by atoms with Gasteiger partial charge in [0.15, 0.2) is 5.82 Å². The average Bonchev–Trinajstić information content (AvgIpc) is 3.15. The van der Waals surface area contributed by atoms with Crippen LogP contribution in [0.3, 0.4) is 0 Å². The molecule has 0 bridgehead atoms. The summed E-state index contributed by atoms with van der Waals surface area (Å²) < 4.78 is 18.7. The molecule has 1 aliphatic carbocycles. The van der Waals surface area contributed by atoms with E-state index in [2.05, 4.69) is 25.6 Å². The van der Waals surface area contributed by atoms with Gasteiger partial charge in [-0.25, -0.2) is 0 Å². The number of ether oxygens (including phenoxy) is 3. The molecule has 0 radical (unpaired) electrons. The summed E-state index contributed by atoms with van der Waals surface area (Å²) in [6, 6.07) is 5.53. The Bertz CT molecular complexity index is 1110. The number of rotatable bonds is 8. The zero-order valence-electron chi connectivity index (χ0n) is 18.1. The summed E-state index contributed by atoms with van der Waals surface area (Å²) in [5, 5.41) is 14.2. The number of nitrogens with zero attached hydrogens (tertiary/aromatic N) is 4. The smallest absolute Gasteiger partial charge is 0.275 e. The Morgan fingerprint density at radius 1 is 1.38 bits per heavy atom. The van der Waals surface area contributed by atoms with Crippen molar-refractivity contribution in [3.8, 4) is 5.75 Å². The van der Waals surface area contributed by atoms with Crippen molar-refractivity contribution in [2.45, 2.75) is 44.0 Å². The summed E-state index contributed by atoms with van der Waals surface area (Å²) >= 11 is 0. The van der Waals surface area contributed by atoms with Crippen molar-refractivity contribution in [3.05, 3.63) is 53.2 Å². The number of methoxy groups -OCH3 is 1. The van der Waals surface area contributed by atoms with Crippen molar-refractivity contribution < 1.29 is 19.0 Å². The van der Waals surface area contributed by atoms with Crippen LogP contribution in [0.4, 0.5) is 5.82 Å². The first kappa shape index (κ1) is 20.7. The molecule has 2 unspecified atom stereocenters. The predicted octanol–water partition coefficient (Wildman–Crippen LogP) is 2.72. The predicted molar refractivity (Wildman–Crippen MR) is 114 cm³/mol. The van der Waals surface area contributed by atoms with Gasteiger partial charge in [0.05, 0.1) is 30.8 Å². The summed E-state index contributed by atoms with van der Waals surface area (Å²) in [5.74, 6) is 1.58. The molecule has 0 spiro atoms. The fourth-order valence-electron chi connectivity index (χ4n) is 4.00. The maximum atomic E-state index is 12.6. The maximum Gasteiger partial charge on any atom is 0.275 e. The highest BCUT2D eigenvalue weighted by atomic mass is 16.6. The SMILES string of the molecule is COCc1cc(C(=O)Nc2cc(C3CC(Oc4cnccc4C4CC4)CO3)[nH]n2)n(C)n1. The third-order valence-electron chi connectivity index (χ3n) is 5.73. The number of H-pyrrole nitrogens is 1. The molecule has 3 aromatic heterocycles. The van der Waals surface area contributed by atoms with Crippen LogP contribution >= 0.6 is 0 Å². The number of anilines is 1. The van der Waals surface area contributed by atoms with Crippen molar-refractivity contribution in [1.82, 2.24) is 25.0 Å². The van der Waals surface area contributed by atoms with Crippen LogP contribution in [0.5, 0.6) is 5.75 Å². The standard InChI is InChI=1S/C22H26N6O4/c1-28-18(7-14(27-28)11-30-2)22(29)24-21-9-17(25-26-21)19-8-15(12-31-19)32-20-10-23-6-5-16(20)13-3-4-13/h5-7,9-10,13,15,19H,3-4,8,11-12H2,1-2H3,(H2,24,25,26,29). The zero-order chi connectivity index (χ0) is 22.1. The molecule has 1 saturated heterocycles. The Balaban J connectivity index is 1.20. The minimum Gasteiger partial charge on any atom is -0.486 e. The van der Waals surface area contributed by atoms with E-state index in [0.717, 1.165) is 11.4 Å². The Morgan fingerprint density at radius 2 is 2.25 bits per heavy atom. The first-order chi connectivity index (χ1) is 15.6. The molecular weight excluding hydrogens is 412 g/mol. The fourth-order valence-corrected chi connectivity index (χ4v) is 4.00. The highest BCUT2D eigenvalue weighted by Crippen LogP contribution is 2.44. The second-order valence-corrected chi connectivity index (χ2v) is 8.23. The quantitative estimate of drug-likeness (QED) is 0.555. The Morgan fingerprint density at radius 3 is 3.06 bits per heavy atom. The minimum absolute atomic E-state index is 0.0586. The van der Waals surface area contributed by atoms with Crippen LogP contribution < -0.4 is 10.1 Å². The molecule has 10 nitrogen and oxygen atoms in total. The number of amides is 1. The Kier molecular flexibility index (Phi) is 5.62. The number of carbonyl (C=O) groups is 1. The summed E-state index contributed by atoms with van der Waals surface area (Å²) in [7, 11) is 3.30. The van der Waals surface area contributed by atoms with Crippen molar-refractivity contribution in [2.24, 2.45) is 7.05 Å². The molecule has 1 amide bonds. The number of carbonyl (C=O) groups excluding carboxylic acids is 1. The lowest BCUT2D eigenvalue weighted by atomic mass is 10.1. The van der Waals surface area contributed by atoms with Crippen LogP contribution in [0.2, 0.25) is 0 Å². The van der Waals surface area contributed by atoms with Gasteiger partial charge in [-0.1, -0.05) is 0 Å². The first-order valence-corrected chi connectivity index (χ1v) is 10.7. The number of pyridine rings is 1. The molecule has 1 saturated carbocycles. The number of hydrogen-bond donors (Lipinski definition) is 2. The van der Waals surface area contributed by atoms with Gasteiger partial charge < -0.3 is 19.5 Å². The van der Waals surface area contributed by atoms with Crippen LogP contribution in [0.25, 0.3) is 0 Å². The topological polar surface area (TPSA) is 116 Å². The van der Waals surface area contributed by atoms with Gasteiger partial charge in [0.25, 0.3) is 5.91 Å². The molecule has 0 aromatic carbocycles. The molecule has 32 heavy (non-hydrogen) atoms. The van der Waals surface area contributed by atoms with Gasteiger partial charge in [-0.2, -0.15) is 10.2 Å². The number of nitrogens with one attached hydrogen (secondary N) is 2. The van der Waals surface area contributed by atoms with E-state index in [1.54, 1.807) is 32.5 Å². The van der Waals surface area contributed by atoms with E-state index in [9.17, 15) is 4.79 Å². The highest BCUT2D eigenvalue weighted by molar-refractivity contribution is 6.02. The summed E-state index contributed by atoms with van der Waals surface area (Å²) in [4.78, 5) is 16.8. The lowest BCUT2D eigenvalue weighted by Gasteiger charge is -2.14. The van der Waals surface area contributed by atoms with Gasteiger partial charge in [-0.3, -0.25) is 19.6 Å². The number of aromatic amines is 1. The largest absolute Gasteiger partial charge is 0.486 e. The highest BCUT2D eigenvalue weighted by Gasteiger charge is 2.32. The van der Waals surface area contributed by atoms with Crippen LogP contribution in [0.15, 0.2) is 30.6 Å². The lowest BCUT2D eigenvalue weighted by Crippen LogP contribution is -2.16. The molecule has 3 aromatic rings. The fraction of sp³-hybridized carbons (Fsp3) is 0.455. The zero-order valence-corrected chi connectivity index (χ0v) is 18.1. The second-order valence-electron chi connectivity index (χ2n) is 8.23. The van der Waals surface area contributed by atoms with E-state index >= 15 is 0 Å². The number of aryl methyl sites for hydroxylation is 1. The minimum atomic E-state index is -0.293. The average molecular weight is 438 g/mol. The van der Waals surface area contributed by atoms with E-state index in [1.165, 1.54) is 23.1 Å². The lowest BCUT2D eigenvalue weighted by molar-refractivity contribution is 0.0917. The molecule has 4 heterocycles. The van der Waals surface area contributed by atoms with E-state index in [4.69, 9.17) is 14.2 Å². The van der Waals surface area contributed by atoms with Gasteiger partial charge in [0.2, 0.25) is 0 Å². The molecule has 5 rings (SSSR count). The van der Waals surface area contributed by atoms with Crippen molar-refractivity contribution in [2.75, 3.05) is 19.0 Å². The molecule has 1 aliphatic heterocycles. The van der Waals surface area contributed by atoms with Gasteiger partial charge in [-0.15, -0.1) is 0 Å². The van der Waals surface area contributed by atoms with Gasteiger partial charge >= 0.3 is 0 Å². The molecule has 2 atom stereocenters. The van der Waals surface area contributed by atoms with Crippen LogP contribution in [0.1, 0.15) is 58.7 Å². The second kappa shape index (κ2) is 8.71. The Hall–Kier alpha value is -3.24. The first-order valence-electron chi connectivity index (χ1n) is 10.7. The summed E-state index contributed by atoms with van der Waals surface area (Å²) in [5.41, 5.74) is 3.14. The van der Waals surface area contributed by atoms with Crippen LogP contribution in [0, 0.1) is 0 Å². The van der Waals surface area contributed by atoms with Gasteiger partial charge in [0.1, 0.15) is 23.7 Å². The normalized spacial score (nSPS) is 20.4. The molecule has 168 valence electrons. The molecule has 2 fully saturated rings. The van der Waals surface area contributed by atoms with Crippen molar-refractivity contribution >= 4 is 11.7 Å². The molecular formula is C22H26N6O4. The monoisotopic (exact) mass is 438 g/mol. The van der Waals surface area contributed by atoms with Crippen molar-refractivity contribution in [3.63, 3.8) is 0 Å². The number of aromatic nitrogens is 5. The third-order valence-corrected chi connectivity index (χ3v) is 5.73. The number of hydrogen-bond acceptors (Lipinski definition) is 7. The van der Waals surface area contributed by atoms with E-state index in [0.29, 0.717) is 42.8 Å². The summed E-state index contributed by atoms with van der Waals surface area (Å²) in [6.45, 7) is 0.832. The molecule has 2 N–H and O–H groups in total. The molecule has 2 aliphatic rings. The molecule has 10 heteroatoms. The van der Waals surface area contributed by atoms with Crippen molar-refractivity contribution in [1.29, 1.82) is 0 Å². The van der Waals surface area contributed by atoms with E-state index < -0.39 is 0 Å². The van der Waals surface area contributed by atoms with Gasteiger partial charge in [0, 0.05) is 38.4 Å². The van der Waals surface area contributed by atoms with E-state index in [-0.39, 0.29) is 18.1 Å². The Labute approximate surface area is 185 Å². The third kappa shape index (κ3) is 4.37. The van der Waals surface area contributed by atoms with E-state index in [1.807, 2.05) is 12.3 Å². The van der Waals surface area contributed by atoms with Gasteiger partial charge in [-0.05, 0) is 30.9 Å². The summed E-state index contributed by atoms with van der Waals surface area (Å²) in [6.07, 6.45) is 6.48. The van der Waals surface area contributed by atoms with Crippen LogP contribution in [-0.2, 0) is 23.1 Å². The maximum absolute atomic E-state index is 12.6.